The molecule has 154 valence electrons. The van der Waals surface area contributed by atoms with Crippen molar-refractivity contribution in [1.82, 2.24) is 0 Å². The second kappa shape index (κ2) is 9.00. The van der Waals surface area contributed by atoms with E-state index in [0.29, 0.717) is 10.0 Å². The Kier molecular flexibility index (Phi) is 5.77. The average molecular weight is 454 g/mol. The van der Waals surface area contributed by atoms with Crippen molar-refractivity contribution in [3.63, 3.8) is 0 Å². The topological polar surface area (TPSA) is 11.3 Å². The van der Waals surface area contributed by atoms with Crippen LogP contribution in [-0.4, -0.2) is 0 Å². The number of halogens is 2. The van der Waals surface area contributed by atoms with Crippen molar-refractivity contribution >= 4 is 23.2 Å². The molecule has 32 heavy (non-hydrogen) atoms. The van der Waals surface area contributed by atoms with Crippen LogP contribution < -0.4 is 0 Å². The standard InChI is InChI=1S/C29H19Cl2O/c30-24-15-11-20(12-16-24)26-19-27(21-13-17-25(31)18-14-21)32-29(23-9-5-2-6-10-23)28(26)22-7-3-1-4-8-22/h1-19H/q+1. The molecule has 0 saturated heterocycles. The summed E-state index contributed by atoms with van der Waals surface area (Å²) in [6.07, 6.45) is 0. The van der Waals surface area contributed by atoms with Gasteiger partial charge in [-0.05, 0) is 59.7 Å². The zero-order valence-corrected chi connectivity index (χ0v) is 18.6. The van der Waals surface area contributed by atoms with E-state index in [1.807, 2.05) is 84.9 Å². The summed E-state index contributed by atoms with van der Waals surface area (Å²) in [5, 5.41) is 1.40. The fourth-order valence-corrected chi connectivity index (χ4v) is 4.07. The molecule has 0 radical (unpaired) electrons. The molecule has 0 aliphatic heterocycles. The third-order valence-electron chi connectivity index (χ3n) is 5.37. The van der Waals surface area contributed by atoms with Gasteiger partial charge in [0.1, 0.15) is 0 Å². The average Bonchev–Trinajstić information content (AvgIpc) is 2.85. The summed E-state index contributed by atoms with van der Waals surface area (Å²) in [6.45, 7) is 0. The Morgan fingerprint density at radius 3 is 1.53 bits per heavy atom. The lowest BCUT2D eigenvalue weighted by atomic mass is 9.91. The lowest BCUT2D eigenvalue weighted by molar-refractivity contribution is 0.584. The number of hydrogen-bond donors (Lipinski definition) is 0. The minimum absolute atomic E-state index is 0.691. The van der Waals surface area contributed by atoms with Crippen molar-refractivity contribution in [2.75, 3.05) is 0 Å². The number of benzene rings is 4. The van der Waals surface area contributed by atoms with Crippen molar-refractivity contribution in [3.8, 4) is 44.9 Å². The molecule has 1 nitrogen and oxygen atoms in total. The fraction of sp³-hybridized carbons (Fsp3) is 0. The molecule has 0 N–H and O–H groups in total. The van der Waals surface area contributed by atoms with E-state index in [-0.39, 0.29) is 0 Å². The molecule has 5 rings (SSSR count). The summed E-state index contributed by atoms with van der Waals surface area (Å²) in [5.41, 5.74) is 6.23. The Hall–Kier alpha value is -3.39. The highest BCUT2D eigenvalue weighted by molar-refractivity contribution is 6.31. The third kappa shape index (κ3) is 4.18. The zero-order chi connectivity index (χ0) is 21.9. The van der Waals surface area contributed by atoms with Gasteiger partial charge in [0.25, 0.3) is 0 Å². The Balaban J connectivity index is 1.86. The zero-order valence-electron chi connectivity index (χ0n) is 17.1. The minimum atomic E-state index is 0.691. The molecule has 0 aliphatic rings. The van der Waals surface area contributed by atoms with E-state index in [4.69, 9.17) is 27.6 Å². The molecule has 4 aromatic carbocycles. The molecule has 5 aromatic rings. The van der Waals surface area contributed by atoms with Gasteiger partial charge in [-0.2, -0.15) is 0 Å². The van der Waals surface area contributed by atoms with E-state index in [2.05, 4.69) is 30.3 Å². The van der Waals surface area contributed by atoms with E-state index >= 15 is 0 Å². The molecule has 3 heteroatoms. The highest BCUT2D eigenvalue weighted by Crippen LogP contribution is 2.43. The second-order valence-corrected chi connectivity index (χ2v) is 8.35. The van der Waals surface area contributed by atoms with Gasteiger partial charge in [-0.25, -0.2) is 4.42 Å². The molecule has 0 amide bonds. The van der Waals surface area contributed by atoms with Gasteiger partial charge in [0, 0.05) is 15.6 Å². The van der Waals surface area contributed by atoms with Crippen LogP contribution in [0.3, 0.4) is 0 Å². The summed E-state index contributed by atoms with van der Waals surface area (Å²) in [6, 6.07) is 38.3. The maximum absolute atomic E-state index is 6.59. The fourth-order valence-electron chi connectivity index (χ4n) is 3.81. The van der Waals surface area contributed by atoms with E-state index in [9.17, 15) is 0 Å². The molecule has 0 saturated carbocycles. The van der Waals surface area contributed by atoms with Gasteiger partial charge in [0.05, 0.1) is 22.8 Å². The largest absolute Gasteiger partial charge is 0.369 e. The molecule has 1 heterocycles. The van der Waals surface area contributed by atoms with Crippen molar-refractivity contribution in [2.45, 2.75) is 0 Å². The highest BCUT2D eigenvalue weighted by Gasteiger charge is 2.28. The van der Waals surface area contributed by atoms with Crippen molar-refractivity contribution in [1.29, 1.82) is 0 Å². The summed E-state index contributed by atoms with van der Waals surface area (Å²) >= 11 is 12.3. The van der Waals surface area contributed by atoms with Crippen molar-refractivity contribution in [2.24, 2.45) is 0 Å². The van der Waals surface area contributed by atoms with Crippen LogP contribution in [0.1, 0.15) is 0 Å². The van der Waals surface area contributed by atoms with E-state index in [1.165, 1.54) is 0 Å². The van der Waals surface area contributed by atoms with E-state index in [1.54, 1.807) is 0 Å². The maximum Gasteiger partial charge on any atom is 0.369 e. The Labute approximate surface area is 197 Å². The van der Waals surface area contributed by atoms with Crippen LogP contribution in [0.4, 0.5) is 0 Å². The normalized spacial score (nSPS) is 10.8. The van der Waals surface area contributed by atoms with E-state index in [0.717, 1.165) is 44.9 Å². The minimum Gasteiger partial charge on any atom is -0.206 e. The second-order valence-electron chi connectivity index (χ2n) is 7.47. The molecule has 0 fully saturated rings. The number of rotatable bonds is 4. The van der Waals surface area contributed by atoms with Crippen LogP contribution in [0.2, 0.25) is 10.0 Å². The summed E-state index contributed by atoms with van der Waals surface area (Å²) in [4.78, 5) is 0. The van der Waals surface area contributed by atoms with Gasteiger partial charge in [0.2, 0.25) is 0 Å². The lowest BCUT2D eigenvalue weighted by Gasteiger charge is -2.11. The number of hydrogen-bond acceptors (Lipinski definition) is 0. The van der Waals surface area contributed by atoms with Crippen molar-refractivity contribution < 1.29 is 4.42 Å². The van der Waals surface area contributed by atoms with Gasteiger partial charge >= 0.3 is 11.5 Å². The first kappa shape index (κ1) is 20.5. The van der Waals surface area contributed by atoms with Gasteiger partial charge in [-0.1, -0.05) is 83.9 Å². The van der Waals surface area contributed by atoms with Crippen LogP contribution in [0, 0.1) is 0 Å². The van der Waals surface area contributed by atoms with Crippen LogP contribution >= 0.6 is 23.2 Å². The summed E-state index contributed by atoms with van der Waals surface area (Å²) in [5.74, 6) is 1.58. The molecule has 0 bridgehead atoms. The van der Waals surface area contributed by atoms with E-state index < -0.39 is 0 Å². The van der Waals surface area contributed by atoms with Crippen LogP contribution in [-0.2, 0) is 0 Å². The lowest BCUT2D eigenvalue weighted by Crippen LogP contribution is -1.93. The monoisotopic (exact) mass is 453 g/mol. The molecule has 0 spiro atoms. The van der Waals surface area contributed by atoms with Gasteiger partial charge in [-0.15, -0.1) is 0 Å². The first-order valence-corrected chi connectivity index (χ1v) is 11.1. The van der Waals surface area contributed by atoms with Crippen LogP contribution in [0.15, 0.2) is 120 Å². The Morgan fingerprint density at radius 2 is 0.969 bits per heavy atom. The molecule has 1 aromatic heterocycles. The first-order chi connectivity index (χ1) is 15.7. The predicted octanol–water partition coefficient (Wildman–Crippen LogP) is 9.54. The maximum atomic E-state index is 6.59. The summed E-state index contributed by atoms with van der Waals surface area (Å²) in [7, 11) is 0. The Bertz CT molecular complexity index is 1340. The van der Waals surface area contributed by atoms with Gasteiger partial charge in [-0.3, -0.25) is 0 Å². The molecule has 0 aliphatic carbocycles. The quantitative estimate of drug-likeness (QED) is 0.246. The SMILES string of the molecule is Clc1ccc(-c2cc(-c3ccc(Cl)cc3)c(-c3ccccc3)c(-c3ccccc3)[o+]2)cc1. The van der Waals surface area contributed by atoms with Gasteiger partial charge in [0.15, 0.2) is 0 Å². The first-order valence-electron chi connectivity index (χ1n) is 10.3. The predicted molar refractivity (Wildman–Crippen MR) is 135 cm³/mol. The molecule has 0 unspecified atom stereocenters. The van der Waals surface area contributed by atoms with Crippen molar-refractivity contribution in [3.05, 3.63) is 125 Å². The molecular formula is C29H19Cl2O+. The third-order valence-corrected chi connectivity index (χ3v) is 5.87. The van der Waals surface area contributed by atoms with Crippen LogP contribution in [0.25, 0.3) is 44.9 Å². The summed E-state index contributed by atoms with van der Waals surface area (Å²) < 4.78 is 6.59. The molecule has 0 atom stereocenters. The van der Waals surface area contributed by atoms with Crippen LogP contribution in [0.5, 0.6) is 0 Å². The smallest absolute Gasteiger partial charge is 0.206 e. The highest BCUT2D eigenvalue weighted by atomic mass is 35.5. The molecular weight excluding hydrogens is 435 g/mol. The van der Waals surface area contributed by atoms with Gasteiger partial charge < -0.3 is 0 Å². The Morgan fingerprint density at radius 1 is 0.469 bits per heavy atom.